The third-order valence-corrected chi connectivity index (χ3v) is 2.81. The van der Waals surface area contributed by atoms with Crippen molar-refractivity contribution in [3.63, 3.8) is 0 Å². The maximum absolute atomic E-state index is 12.1. The molecule has 0 amide bonds. The molecular weight excluding hydrogens is 408 g/mol. The molecule has 1 aromatic rings. The third kappa shape index (κ3) is 8.30. The van der Waals surface area contributed by atoms with Gasteiger partial charge in [-0.3, -0.25) is 4.99 Å². The Morgan fingerprint density at radius 3 is 2.45 bits per heavy atom. The van der Waals surface area contributed by atoms with Gasteiger partial charge < -0.3 is 15.5 Å². The minimum atomic E-state index is -4.16. The van der Waals surface area contributed by atoms with E-state index in [4.69, 9.17) is 0 Å². The highest BCUT2D eigenvalue weighted by Crippen LogP contribution is 2.18. The summed E-state index contributed by atoms with van der Waals surface area (Å²) in [6.45, 7) is 0.300. The van der Waals surface area contributed by atoms with Gasteiger partial charge in [0.25, 0.3) is 0 Å². The highest BCUT2D eigenvalue weighted by Gasteiger charge is 2.26. The fourth-order valence-electron chi connectivity index (χ4n) is 1.67. The molecule has 0 saturated carbocycles. The maximum atomic E-state index is 12.1. The number of halogens is 4. The molecular formula is C14H22F3IN4. The van der Waals surface area contributed by atoms with E-state index in [-0.39, 0.29) is 30.5 Å². The molecule has 1 rings (SSSR count). The van der Waals surface area contributed by atoms with E-state index in [0.717, 1.165) is 11.3 Å². The normalized spacial score (nSPS) is 11.6. The Bertz CT molecular complexity index is 475. The summed E-state index contributed by atoms with van der Waals surface area (Å²) in [5.41, 5.74) is 2.09. The van der Waals surface area contributed by atoms with Crippen molar-refractivity contribution in [2.75, 3.05) is 32.6 Å². The molecule has 22 heavy (non-hydrogen) atoms. The SMILES string of the molecule is CN=C(NCCC(F)(F)F)NCc1cccc(N(C)C)c1.I. The van der Waals surface area contributed by atoms with Gasteiger partial charge in [-0.25, -0.2) is 0 Å². The van der Waals surface area contributed by atoms with Gasteiger partial charge in [0.1, 0.15) is 0 Å². The second-order valence-corrected chi connectivity index (χ2v) is 4.78. The molecule has 0 fully saturated rings. The Hall–Kier alpha value is -1.19. The number of benzene rings is 1. The predicted octanol–water partition coefficient (Wildman–Crippen LogP) is 2.99. The smallest absolute Gasteiger partial charge is 0.378 e. The monoisotopic (exact) mass is 430 g/mol. The number of aliphatic imine (C=N–C) groups is 1. The van der Waals surface area contributed by atoms with E-state index in [1.165, 1.54) is 7.05 Å². The van der Waals surface area contributed by atoms with Crippen LogP contribution in [0.5, 0.6) is 0 Å². The van der Waals surface area contributed by atoms with E-state index in [1.54, 1.807) is 0 Å². The molecule has 8 heteroatoms. The molecule has 0 aliphatic carbocycles. The van der Waals surface area contributed by atoms with Crippen LogP contribution in [0.15, 0.2) is 29.3 Å². The van der Waals surface area contributed by atoms with Crippen LogP contribution in [-0.2, 0) is 6.54 Å². The zero-order chi connectivity index (χ0) is 15.9. The topological polar surface area (TPSA) is 39.7 Å². The number of hydrogen-bond donors (Lipinski definition) is 2. The predicted molar refractivity (Wildman–Crippen MR) is 95.1 cm³/mol. The van der Waals surface area contributed by atoms with Crippen LogP contribution in [-0.4, -0.2) is 39.8 Å². The lowest BCUT2D eigenvalue weighted by Gasteiger charge is -2.15. The Morgan fingerprint density at radius 2 is 1.91 bits per heavy atom. The molecule has 0 saturated heterocycles. The first-order valence-electron chi connectivity index (χ1n) is 6.59. The Labute approximate surface area is 146 Å². The maximum Gasteiger partial charge on any atom is 0.390 e. The Kier molecular flexibility index (Phi) is 9.22. The molecule has 0 radical (unpaired) electrons. The standard InChI is InChI=1S/C14H21F3N4.HI/c1-18-13(19-8-7-14(15,16)17)20-10-11-5-4-6-12(9-11)21(2)3;/h4-6,9H,7-8,10H2,1-3H3,(H2,18,19,20);1H. The molecule has 0 atom stereocenters. The molecule has 0 heterocycles. The van der Waals surface area contributed by atoms with Gasteiger partial charge >= 0.3 is 6.18 Å². The van der Waals surface area contributed by atoms with Crippen LogP contribution in [0.25, 0.3) is 0 Å². The molecule has 1 aromatic carbocycles. The van der Waals surface area contributed by atoms with Gasteiger partial charge in [-0.15, -0.1) is 24.0 Å². The minimum absolute atomic E-state index is 0. The molecule has 0 aliphatic heterocycles. The van der Waals surface area contributed by atoms with Crippen molar-refractivity contribution in [3.8, 4) is 0 Å². The second kappa shape index (κ2) is 9.75. The summed E-state index contributed by atoms with van der Waals surface area (Å²) in [7, 11) is 5.42. The summed E-state index contributed by atoms with van der Waals surface area (Å²) in [5.74, 6) is 0.356. The number of rotatable bonds is 5. The van der Waals surface area contributed by atoms with Gasteiger partial charge in [-0.2, -0.15) is 13.2 Å². The number of guanidine groups is 1. The summed E-state index contributed by atoms with van der Waals surface area (Å²) in [6, 6.07) is 7.88. The lowest BCUT2D eigenvalue weighted by molar-refractivity contribution is -0.132. The molecule has 126 valence electrons. The van der Waals surface area contributed by atoms with Crippen LogP contribution < -0.4 is 15.5 Å². The number of alkyl halides is 3. The summed E-state index contributed by atoms with van der Waals surface area (Å²) < 4.78 is 36.2. The average molecular weight is 430 g/mol. The van der Waals surface area contributed by atoms with E-state index in [9.17, 15) is 13.2 Å². The fourth-order valence-corrected chi connectivity index (χ4v) is 1.67. The second-order valence-electron chi connectivity index (χ2n) is 4.78. The van der Waals surface area contributed by atoms with Gasteiger partial charge in [0.05, 0.1) is 6.42 Å². The largest absolute Gasteiger partial charge is 0.390 e. The van der Waals surface area contributed by atoms with Gasteiger partial charge in [0.15, 0.2) is 5.96 Å². The van der Waals surface area contributed by atoms with Crippen molar-refractivity contribution in [3.05, 3.63) is 29.8 Å². The highest BCUT2D eigenvalue weighted by molar-refractivity contribution is 14.0. The van der Waals surface area contributed by atoms with Crippen molar-refractivity contribution >= 4 is 35.6 Å². The van der Waals surface area contributed by atoms with Gasteiger partial charge in [0.2, 0.25) is 0 Å². The van der Waals surface area contributed by atoms with Crippen molar-refractivity contribution in [2.45, 2.75) is 19.1 Å². The van der Waals surface area contributed by atoms with Gasteiger partial charge in [-0.05, 0) is 17.7 Å². The van der Waals surface area contributed by atoms with Crippen molar-refractivity contribution < 1.29 is 13.2 Å². The van der Waals surface area contributed by atoms with Crippen LogP contribution in [0, 0.1) is 0 Å². The summed E-state index contributed by atoms with van der Waals surface area (Å²) in [6.07, 6.45) is -5.05. The van der Waals surface area contributed by atoms with Crippen LogP contribution >= 0.6 is 24.0 Å². The zero-order valence-electron chi connectivity index (χ0n) is 12.9. The summed E-state index contributed by atoms with van der Waals surface area (Å²) in [5, 5.41) is 5.63. The number of nitrogens with one attached hydrogen (secondary N) is 2. The number of nitrogens with zero attached hydrogens (tertiary/aromatic N) is 2. The lowest BCUT2D eigenvalue weighted by Crippen LogP contribution is -2.38. The molecule has 0 aliphatic rings. The fraction of sp³-hybridized carbons (Fsp3) is 0.500. The van der Waals surface area contributed by atoms with Crippen LogP contribution in [0.3, 0.4) is 0 Å². The van der Waals surface area contributed by atoms with E-state index in [1.807, 2.05) is 43.3 Å². The van der Waals surface area contributed by atoms with Crippen LogP contribution in [0.2, 0.25) is 0 Å². The average Bonchev–Trinajstić information content (AvgIpc) is 2.41. The lowest BCUT2D eigenvalue weighted by atomic mass is 10.2. The van der Waals surface area contributed by atoms with Crippen LogP contribution in [0.4, 0.5) is 18.9 Å². The first-order chi connectivity index (χ1) is 9.81. The molecule has 0 aromatic heterocycles. The first kappa shape index (κ1) is 20.8. The molecule has 0 spiro atoms. The van der Waals surface area contributed by atoms with E-state index in [0.29, 0.717) is 12.5 Å². The van der Waals surface area contributed by atoms with Crippen LogP contribution in [0.1, 0.15) is 12.0 Å². The number of anilines is 1. The quantitative estimate of drug-likeness (QED) is 0.429. The summed E-state index contributed by atoms with van der Waals surface area (Å²) in [4.78, 5) is 5.88. The van der Waals surface area contributed by atoms with Gasteiger partial charge in [0, 0.05) is 39.9 Å². The molecule has 2 N–H and O–H groups in total. The number of hydrogen-bond acceptors (Lipinski definition) is 2. The summed E-state index contributed by atoms with van der Waals surface area (Å²) >= 11 is 0. The Morgan fingerprint density at radius 1 is 1.23 bits per heavy atom. The third-order valence-electron chi connectivity index (χ3n) is 2.81. The zero-order valence-corrected chi connectivity index (χ0v) is 15.2. The molecule has 0 unspecified atom stereocenters. The van der Waals surface area contributed by atoms with Gasteiger partial charge in [-0.1, -0.05) is 12.1 Å². The van der Waals surface area contributed by atoms with E-state index < -0.39 is 12.6 Å². The first-order valence-corrected chi connectivity index (χ1v) is 6.59. The Balaban J connectivity index is 0.00000441. The van der Waals surface area contributed by atoms with Crippen molar-refractivity contribution in [1.82, 2.24) is 10.6 Å². The molecule has 4 nitrogen and oxygen atoms in total. The minimum Gasteiger partial charge on any atom is -0.378 e. The van der Waals surface area contributed by atoms with Crippen molar-refractivity contribution in [1.29, 1.82) is 0 Å². The van der Waals surface area contributed by atoms with Crippen molar-refractivity contribution in [2.24, 2.45) is 4.99 Å². The highest BCUT2D eigenvalue weighted by atomic mass is 127. The van der Waals surface area contributed by atoms with E-state index in [2.05, 4.69) is 15.6 Å². The van der Waals surface area contributed by atoms with E-state index >= 15 is 0 Å². The molecule has 0 bridgehead atoms.